The molecule has 15 heavy (non-hydrogen) atoms. The van der Waals surface area contributed by atoms with Gasteiger partial charge < -0.3 is 5.11 Å². The lowest BCUT2D eigenvalue weighted by atomic mass is 10.0. The SMILES string of the molecule is C=CCS(=O)(=O)N1CCC[C@H](C(=O)O)C1. The number of carbonyl (C=O) groups is 1. The van der Waals surface area contributed by atoms with E-state index < -0.39 is 21.9 Å². The highest BCUT2D eigenvalue weighted by atomic mass is 32.2. The predicted molar refractivity (Wildman–Crippen MR) is 55.9 cm³/mol. The van der Waals surface area contributed by atoms with E-state index in [1.54, 1.807) is 0 Å². The predicted octanol–water partition coefficient (Wildman–Crippen LogP) is 0.299. The van der Waals surface area contributed by atoms with Crippen LogP contribution in [0.5, 0.6) is 0 Å². The third-order valence-corrected chi connectivity index (χ3v) is 4.23. The van der Waals surface area contributed by atoms with Gasteiger partial charge in [0.1, 0.15) is 0 Å². The Bertz CT molecular complexity index is 349. The molecule has 6 heteroatoms. The molecule has 1 rings (SSSR count). The third kappa shape index (κ3) is 3.04. The summed E-state index contributed by atoms with van der Waals surface area (Å²) in [4.78, 5) is 10.7. The minimum absolute atomic E-state index is 0.0888. The Labute approximate surface area is 89.4 Å². The van der Waals surface area contributed by atoms with Crippen molar-refractivity contribution >= 4 is 16.0 Å². The summed E-state index contributed by atoms with van der Waals surface area (Å²) in [6.45, 7) is 3.88. The molecular weight excluding hydrogens is 218 g/mol. The summed E-state index contributed by atoms with van der Waals surface area (Å²) >= 11 is 0. The number of aliphatic carboxylic acids is 1. The van der Waals surface area contributed by atoms with E-state index in [-0.39, 0.29) is 12.3 Å². The van der Waals surface area contributed by atoms with Gasteiger partial charge in [0.05, 0.1) is 11.7 Å². The second kappa shape index (κ2) is 4.76. The molecule has 1 atom stereocenters. The van der Waals surface area contributed by atoms with Gasteiger partial charge in [-0.1, -0.05) is 6.08 Å². The number of hydrogen-bond donors (Lipinski definition) is 1. The maximum absolute atomic E-state index is 11.6. The van der Waals surface area contributed by atoms with Gasteiger partial charge in [-0.25, -0.2) is 12.7 Å². The van der Waals surface area contributed by atoms with Crippen LogP contribution in [0.1, 0.15) is 12.8 Å². The van der Waals surface area contributed by atoms with E-state index >= 15 is 0 Å². The van der Waals surface area contributed by atoms with Crippen molar-refractivity contribution in [3.8, 4) is 0 Å². The summed E-state index contributed by atoms with van der Waals surface area (Å²) in [5.74, 6) is -1.62. The van der Waals surface area contributed by atoms with Gasteiger partial charge in [0.15, 0.2) is 0 Å². The molecule has 1 N–H and O–H groups in total. The van der Waals surface area contributed by atoms with Crippen LogP contribution in [0.3, 0.4) is 0 Å². The second-order valence-electron chi connectivity index (χ2n) is 3.60. The summed E-state index contributed by atoms with van der Waals surface area (Å²) in [5.41, 5.74) is 0. The molecule has 0 spiro atoms. The highest BCUT2D eigenvalue weighted by Gasteiger charge is 2.31. The summed E-state index contributed by atoms with van der Waals surface area (Å²) in [6, 6.07) is 0. The van der Waals surface area contributed by atoms with Crippen LogP contribution in [-0.2, 0) is 14.8 Å². The van der Waals surface area contributed by atoms with Crippen molar-refractivity contribution < 1.29 is 18.3 Å². The van der Waals surface area contributed by atoms with E-state index in [4.69, 9.17) is 5.11 Å². The quantitative estimate of drug-likeness (QED) is 0.709. The number of nitrogens with zero attached hydrogens (tertiary/aromatic N) is 1. The van der Waals surface area contributed by atoms with Gasteiger partial charge in [-0.2, -0.15) is 0 Å². The molecule has 1 saturated heterocycles. The van der Waals surface area contributed by atoms with Gasteiger partial charge >= 0.3 is 5.97 Å². The standard InChI is InChI=1S/C9H15NO4S/c1-2-6-15(13,14)10-5-3-4-8(7-10)9(11)12/h2,8H,1,3-7H2,(H,11,12)/t8-/m0/s1. The Hall–Kier alpha value is -0.880. The van der Waals surface area contributed by atoms with Crippen LogP contribution in [0.4, 0.5) is 0 Å². The Balaban J connectivity index is 2.71. The fraction of sp³-hybridized carbons (Fsp3) is 0.667. The fourth-order valence-corrected chi connectivity index (χ4v) is 2.97. The maximum atomic E-state index is 11.6. The molecular formula is C9H15NO4S. The first-order valence-corrected chi connectivity index (χ1v) is 6.40. The average molecular weight is 233 g/mol. The number of rotatable bonds is 4. The molecule has 0 aromatic carbocycles. The molecule has 86 valence electrons. The van der Waals surface area contributed by atoms with E-state index in [0.29, 0.717) is 19.4 Å². The smallest absolute Gasteiger partial charge is 0.307 e. The molecule has 0 aromatic heterocycles. The molecule has 0 saturated carbocycles. The maximum Gasteiger partial charge on any atom is 0.307 e. The normalized spacial score (nSPS) is 23.6. The Morgan fingerprint density at radius 3 is 2.80 bits per heavy atom. The molecule has 1 aliphatic rings. The largest absolute Gasteiger partial charge is 0.481 e. The molecule has 5 nitrogen and oxygen atoms in total. The van der Waals surface area contributed by atoms with Crippen LogP contribution in [0.15, 0.2) is 12.7 Å². The Kier molecular flexibility index (Phi) is 3.87. The van der Waals surface area contributed by atoms with Gasteiger partial charge in [-0.3, -0.25) is 4.79 Å². The zero-order valence-electron chi connectivity index (χ0n) is 8.42. The first-order chi connectivity index (χ1) is 6.97. The van der Waals surface area contributed by atoms with Crippen molar-refractivity contribution in [3.63, 3.8) is 0 Å². The molecule has 0 amide bonds. The fourth-order valence-electron chi connectivity index (χ4n) is 1.65. The Morgan fingerprint density at radius 1 is 1.60 bits per heavy atom. The number of piperidine rings is 1. The van der Waals surface area contributed by atoms with Gasteiger partial charge in [0, 0.05) is 13.1 Å². The van der Waals surface area contributed by atoms with Crippen molar-refractivity contribution in [2.45, 2.75) is 12.8 Å². The van der Waals surface area contributed by atoms with Crippen molar-refractivity contribution in [3.05, 3.63) is 12.7 Å². The molecule has 1 heterocycles. The lowest BCUT2D eigenvalue weighted by Crippen LogP contribution is -2.42. The average Bonchev–Trinajstić information content (AvgIpc) is 2.18. The zero-order chi connectivity index (χ0) is 11.5. The molecule has 0 bridgehead atoms. The van der Waals surface area contributed by atoms with Gasteiger partial charge in [-0.15, -0.1) is 6.58 Å². The summed E-state index contributed by atoms with van der Waals surface area (Å²) in [5, 5.41) is 8.81. The molecule has 0 aliphatic carbocycles. The third-order valence-electron chi connectivity index (χ3n) is 2.46. The topological polar surface area (TPSA) is 74.7 Å². The second-order valence-corrected chi connectivity index (χ2v) is 5.62. The van der Waals surface area contributed by atoms with Gasteiger partial charge in [0.2, 0.25) is 10.0 Å². The van der Waals surface area contributed by atoms with Gasteiger partial charge in [-0.05, 0) is 12.8 Å². The Morgan fingerprint density at radius 2 is 2.27 bits per heavy atom. The lowest BCUT2D eigenvalue weighted by Gasteiger charge is -2.29. The molecule has 0 radical (unpaired) electrons. The van der Waals surface area contributed by atoms with Crippen molar-refractivity contribution in [1.29, 1.82) is 0 Å². The van der Waals surface area contributed by atoms with Crippen LogP contribution in [0, 0.1) is 5.92 Å². The van der Waals surface area contributed by atoms with Gasteiger partial charge in [0.25, 0.3) is 0 Å². The number of sulfonamides is 1. The molecule has 0 aromatic rings. The molecule has 1 aliphatic heterocycles. The number of hydrogen-bond acceptors (Lipinski definition) is 3. The van der Waals surface area contributed by atoms with E-state index in [1.165, 1.54) is 10.4 Å². The monoisotopic (exact) mass is 233 g/mol. The van der Waals surface area contributed by atoms with E-state index in [2.05, 4.69) is 6.58 Å². The van der Waals surface area contributed by atoms with Crippen LogP contribution >= 0.6 is 0 Å². The number of carboxylic acid groups (broad SMARTS) is 1. The van der Waals surface area contributed by atoms with E-state index in [9.17, 15) is 13.2 Å². The van der Waals surface area contributed by atoms with Crippen LogP contribution < -0.4 is 0 Å². The van der Waals surface area contributed by atoms with Crippen LogP contribution in [-0.4, -0.2) is 42.6 Å². The van der Waals surface area contributed by atoms with E-state index in [1.807, 2.05) is 0 Å². The summed E-state index contributed by atoms with van der Waals surface area (Å²) < 4.78 is 24.5. The van der Waals surface area contributed by atoms with Crippen LogP contribution in [0.25, 0.3) is 0 Å². The van der Waals surface area contributed by atoms with E-state index in [0.717, 1.165) is 0 Å². The van der Waals surface area contributed by atoms with Crippen molar-refractivity contribution in [2.24, 2.45) is 5.92 Å². The van der Waals surface area contributed by atoms with Crippen LogP contribution in [0.2, 0.25) is 0 Å². The highest BCUT2D eigenvalue weighted by molar-refractivity contribution is 7.89. The first kappa shape index (κ1) is 12.2. The number of carboxylic acids is 1. The molecule has 1 fully saturated rings. The zero-order valence-corrected chi connectivity index (χ0v) is 9.24. The summed E-state index contributed by atoms with van der Waals surface area (Å²) in [7, 11) is -3.35. The first-order valence-electron chi connectivity index (χ1n) is 4.79. The van der Waals surface area contributed by atoms with Crippen molar-refractivity contribution in [2.75, 3.05) is 18.8 Å². The van der Waals surface area contributed by atoms with Crippen molar-refractivity contribution in [1.82, 2.24) is 4.31 Å². The minimum Gasteiger partial charge on any atom is -0.481 e. The lowest BCUT2D eigenvalue weighted by molar-refractivity contribution is -0.142. The minimum atomic E-state index is -3.35. The molecule has 0 unspecified atom stereocenters. The summed E-state index contributed by atoms with van der Waals surface area (Å²) in [6.07, 6.45) is 2.47. The highest BCUT2D eigenvalue weighted by Crippen LogP contribution is 2.19.